The van der Waals surface area contributed by atoms with Gasteiger partial charge in [0.1, 0.15) is 18.4 Å². The molecule has 6 heteroatoms. The van der Waals surface area contributed by atoms with E-state index in [2.05, 4.69) is 0 Å². The molecule has 0 aliphatic rings. The average molecular weight is 330 g/mol. The van der Waals surface area contributed by atoms with E-state index in [9.17, 15) is 13.7 Å². The zero-order chi connectivity index (χ0) is 17.0. The number of hydrogen-bond donors (Lipinski definition) is 1. The molecule has 0 radical (unpaired) electrons. The number of rotatable bonds is 5. The molecular weight excluding hydrogens is 312 g/mol. The molecule has 0 fully saturated rings. The number of ether oxygens (including phenoxy) is 1. The van der Waals surface area contributed by atoms with E-state index in [1.807, 2.05) is 36.4 Å². The highest BCUT2D eigenvalue weighted by atomic mass is 32.2. The lowest BCUT2D eigenvalue weighted by Crippen LogP contribution is -2.15. The Morgan fingerprint density at radius 1 is 1.22 bits per heavy atom. The standard InChI is InChI=1S/C17H18N2O3S/c1-12(2)23(20,21)15-8-14(10-18)17(19)16(9-15)22-11-13-6-4-3-5-7-13/h3-9,12H,11,19H2,1-2H3. The van der Waals surface area contributed by atoms with Gasteiger partial charge in [-0.05, 0) is 25.5 Å². The molecule has 0 aliphatic carbocycles. The maximum absolute atomic E-state index is 12.3. The van der Waals surface area contributed by atoms with Crippen molar-refractivity contribution in [3.8, 4) is 11.8 Å². The number of nitrogen functional groups attached to an aromatic ring is 1. The highest BCUT2D eigenvalue weighted by Gasteiger charge is 2.22. The predicted molar refractivity (Wildman–Crippen MR) is 88.7 cm³/mol. The van der Waals surface area contributed by atoms with Gasteiger partial charge in [-0.3, -0.25) is 0 Å². The first-order chi connectivity index (χ1) is 10.9. The first kappa shape index (κ1) is 16.8. The molecule has 0 heterocycles. The molecular formula is C17H18N2O3S. The second kappa shape index (κ2) is 6.71. The van der Waals surface area contributed by atoms with Crippen molar-refractivity contribution in [3.05, 3.63) is 53.6 Å². The van der Waals surface area contributed by atoms with Crippen molar-refractivity contribution in [2.75, 3.05) is 5.73 Å². The number of nitrogens with two attached hydrogens (primary N) is 1. The highest BCUT2D eigenvalue weighted by molar-refractivity contribution is 7.92. The minimum Gasteiger partial charge on any atom is -0.487 e. The number of nitrogens with zero attached hydrogens (tertiary/aromatic N) is 1. The molecule has 0 unspecified atom stereocenters. The van der Waals surface area contributed by atoms with Gasteiger partial charge in [-0.2, -0.15) is 5.26 Å². The summed E-state index contributed by atoms with van der Waals surface area (Å²) in [7, 11) is -3.52. The fourth-order valence-electron chi connectivity index (χ4n) is 1.99. The molecule has 120 valence electrons. The van der Waals surface area contributed by atoms with Gasteiger partial charge < -0.3 is 10.5 Å². The normalized spacial score (nSPS) is 11.2. The van der Waals surface area contributed by atoms with Crippen molar-refractivity contribution in [2.24, 2.45) is 0 Å². The van der Waals surface area contributed by atoms with Gasteiger partial charge in [0.25, 0.3) is 0 Å². The van der Waals surface area contributed by atoms with E-state index in [0.29, 0.717) is 0 Å². The second-order valence-corrected chi connectivity index (χ2v) is 7.87. The number of nitriles is 1. The number of sulfone groups is 1. The van der Waals surface area contributed by atoms with E-state index in [1.165, 1.54) is 12.1 Å². The molecule has 23 heavy (non-hydrogen) atoms. The quantitative estimate of drug-likeness (QED) is 0.851. The molecule has 2 N–H and O–H groups in total. The van der Waals surface area contributed by atoms with Crippen molar-refractivity contribution in [1.29, 1.82) is 5.26 Å². The van der Waals surface area contributed by atoms with Gasteiger partial charge in [0.2, 0.25) is 0 Å². The molecule has 2 aromatic rings. The molecule has 0 bridgehead atoms. The van der Waals surface area contributed by atoms with Crippen LogP contribution in [0.5, 0.6) is 5.75 Å². The maximum Gasteiger partial charge on any atom is 0.180 e. The monoisotopic (exact) mass is 330 g/mol. The van der Waals surface area contributed by atoms with Crippen molar-refractivity contribution in [2.45, 2.75) is 30.6 Å². The van der Waals surface area contributed by atoms with E-state index in [0.717, 1.165) is 5.56 Å². The van der Waals surface area contributed by atoms with Crippen LogP contribution in [0.15, 0.2) is 47.4 Å². The van der Waals surface area contributed by atoms with E-state index < -0.39 is 15.1 Å². The van der Waals surface area contributed by atoms with Gasteiger partial charge in [-0.15, -0.1) is 0 Å². The molecule has 2 aromatic carbocycles. The second-order valence-electron chi connectivity index (χ2n) is 5.36. The maximum atomic E-state index is 12.3. The average Bonchev–Trinajstić information content (AvgIpc) is 2.54. The molecule has 0 saturated heterocycles. The summed E-state index contributed by atoms with van der Waals surface area (Å²) in [6, 6.07) is 14.0. The smallest absolute Gasteiger partial charge is 0.180 e. The van der Waals surface area contributed by atoms with Crippen molar-refractivity contribution < 1.29 is 13.2 Å². The number of anilines is 1. The fraction of sp³-hybridized carbons (Fsp3) is 0.235. The molecule has 0 spiro atoms. The molecule has 0 aromatic heterocycles. The topological polar surface area (TPSA) is 93.2 Å². The van der Waals surface area contributed by atoms with Gasteiger partial charge in [0.05, 0.1) is 21.4 Å². The summed E-state index contributed by atoms with van der Waals surface area (Å²) in [5.74, 6) is 0.201. The Hall–Kier alpha value is -2.52. The van der Waals surface area contributed by atoms with E-state index >= 15 is 0 Å². The van der Waals surface area contributed by atoms with Gasteiger partial charge in [0.15, 0.2) is 9.84 Å². The zero-order valence-corrected chi connectivity index (χ0v) is 13.8. The summed E-state index contributed by atoms with van der Waals surface area (Å²) >= 11 is 0. The molecule has 0 saturated carbocycles. The number of benzene rings is 2. The van der Waals surface area contributed by atoms with Crippen LogP contribution < -0.4 is 10.5 Å². The lowest BCUT2D eigenvalue weighted by Gasteiger charge is -2.14. The number of hydrogen-bond acceptors (Lipinski definition) is 5. The third-order valence-electron chi connectivity index (χ3n) is 3.42. The third-order valence-corrected chi connectivity index (χ3v) is 5.56. The van der Waals surface area contributed by atoms with Crippen LogP contribution in [0.4, 0.5) is 5.69 Å². The summed E-state index contributed by atoms with van der Waals surface area (Å²) in [5, 5.41) is 8.58. The molecule has 0 amide bonds. The summed E-state index contributed by atoms with van der Waals surface area (Å²) < 4.78 is 30.3. The van der Waals surface area contributed by atoms with Crippen LogP contribution in [-0.2, 0) is 16.4 Å². The van der Waals surface area contributed by atoms with Crippen LogP contribution in [0.1, 0.15) is 25.0 Å². The van der Waals surface area contributed by atoms with Crippen molar-refractivity contribution in [3.63, 3.8) is 0 Å². The Balaban J connectivity index is 2.41. The van der Waals surface area contributed by atoms with Gasteiger partial charge in [-0.25, -0.2) is 8.42 Å². The minimum atomic E-state index is -3.52. The first-order valence-electron chi connectivity index (χ1n) is 7.10. The third kappa shape index (κ3) is 3.63. The first-order valence-corrected chi connectivity index (χ1v) is 8.65. The van der Waals surface area contributed by atoms with Gasteiger partial charge in [0, 0.05) is 6.07 Å². The summed E-state index contributed by atoms with van der Waals surface area (Å²) in [4.78, 5) is 0.0429. The fourth-order valence-corrected chi connectivity index (χ4v) is 3.08. The molecule has 0 atom stereocenters. The minimum absolute atomic E-state index is 0.0429. The van der Waals surface area contributed by atoms with Crippen LogP contribution in [-0.4, -0.2) is 13.7 Å². The lowest BCUT2D eigenvalue weighted by molar-refractivity contribution is 0.307. The van der Waals surface area contributed by atoms with Crippen LogP contribution in [0.25, 0.3) is 0 Å². The van der Waals surface area contributed by atoms with Crippen LogP contribution in [0, 0.1) is 11.3 Å². The molecule has 0 aliphatic heterocycles. The van der Waals surface area contributed by atoms with Crippen molar-refractivity contribution in [1.82, 2.24) is 0 Å². The van der Waals surface area contributed by atoms with E-state index in [1.54, 1.807) is 13.8 Å². The Morgan fingerprint density at radius 2 is 1.87 bits per heavy atom. The van der Waals surface area contributed by atoms with Crippen LogP contribution in [0.2, 0.25) is 0 Å². The Bertz CT molecular complexity index is 838. The van der Waals surface area contributed by atoms with Crippen LogP contribution in [0.3, 0.4) is 0 Å². The highest BCUT2D eigenvalue weighted by Crippen LogP contribution is 2.31. The predicted octanol–water partition coefficient (Wildman–Crippen LogP) is 2.90. The zero-order valence-electron chi connectivity index (χ0n) is 13.0. The Labute approximate surface area is 136 Å². The molecule has 2 rings (SSSR count). The van der Waals surface area contributed by atoms with Gasteiger partial charge in [-0.1, -0.05) is 30.3 Å². The largest absolute Gasteiger partial charge is 0.487 e. The van der Waals surface area contributed by atoms with Crippen LogP contribution >= 0.6 is 0 Å². The van der Waals surface area contributed by atoms with E-state index in [-0.39, 0.29) is 28.5 Å². The SMILES string of the molecule is CC(C)S(=O)(=O)c1cc(C#N)c(N)c(OCc2ccccc2)c1. The Morgan fingerprint density at radius 3 is 2.43 bits per heavy atom. The Kier molecular flexibility index (Phi) is 4.92. The van der Waals surface area contributed by atoms with E-state index in [4.69, 9.17) is 10.5 Å². The lowest BCUT2D eigenvalue weighted by atomic mass is 10.2. The summed E-state index contributed by atoms with van der Waals surface area (Å²) in [6.45, 7) is 3.41. The summed E-state index contributed by atoms with van der Waals surface area (Å²) in [5.41, 5.74) is 7.06. The summed E-state index contributed by atoms with van der Waals surface area (Å²) in [6.07, 6.45) is 0. The van der Waals surface area contributed by atoms with Crippen molar-refractivity contribution >= 4 is 15.5 Å². The van der Waals surface area contributed by atoms with Gasteiger partial charge >= 0.3 is 0 Å². The molecule has 5 nitrogen and oxygen atoms in total.